The van der Waals surface area contributed by atoms with Gasteiger partial charge in [-0.3, -0.25) is 9.48 Å². The van der Waals surface area contributed by atoms with Crippen LogP contribution in [0.2, 0.25) is 0 Å². The van der Waals surface area contributed by atoms with Gasteiger partial charge in [-0.25, -0.2) is 4.79 Å². The Balaban J connectivity index is 1.48. The minimum atomic E-state index is -1.09. The first-order valence-corrected chi connectivity index (χ1v) is 11.8. The number of amides is 1. The number of nitrogens with one attached hydrogen (secondary N) is 1. The predicted octanol–water partition coefficient (Wildman–Crippen LogP) is 5.18. The van der Waals surface area contributed by atoms with Crippen LogP contribution in [0.3, 0.4) is 0 Å². The van der Waals surface area contributed by atoms with E-state index in [0.717, 1.165) is 27.5 Å². The summed E-state index contributed by atoms with van der Waals surface area (Å²) in [6, 6.07) is 33.8. The number of aliphatic carboxylic acids is 1. The van der Waals surface area contributed by atoms with Crippen molar-refractivity contribution in [3.8, 4) is 11.3 Å². The Morgan fingerprint density at radius 1 is 0.778 bits per heavy atom. The highest BCUT2D eigenvalue weighted by molar-refractivity contribution is 5.96. The molecule has 1 heterocycles. The highest BCUT2D eigenvalue weighted by Crippen LogP contribution is 2.25. The summed E-state index contributed by atoms with van der Waals surface area (Å²) in [7, 11) is 0. The van der Waals surface area contributed by atoms with Gasteiger partial charge in [-0.1, -0.05) is 97.1 Å². The van der Waals surface area contributed by atoms with Crippen LogP contribution < -0.4 is 5.32 Å². The van der Waals surface area contributed by atoms with Crippen molar-refractivity contribution in [2.24, 2.45) is 0 Å². The number of carbonyl (C=O) groups is 2. The number of benzene rings is 4. The third-order valence-electron chi connectivity index (χ3n) is 6.12. The topological polar surface area (TPSA) is 84.2 Å². The van der Waals surface area contributed by atoms with Gasteiger partial charge in [0, 0.05) is 12.0 Å². The van der Waals surface area contributed by atoms with Crippen molar-refractivity contribution in [2.75, 3.05) is 0 Å². The summed E-state index contributed by atoms with van der Waals surface area (Å²) in [6.07, 6.45) is 0.187. The standard InChI is InChI=1S/C30H25N3O3/c34-29(31-27(30(35)36)17-21-9-3-1-4-10-21)28-19-26(32-33(28)20-22-11-5-2-6-12-22)25-16-15-23-13-7-8-14-24(23)18-25/h1-16,18-19,27H,17,20H2,(H,31,34)(H,35,36). The molecule has 1 aromatic heterocycles. The van der Waals surface area contributed by atoms with Crippen LogP contribution in [0.15, 0.2) is 109 Å². The van der Waals surface area contributed by atoms with Crippen molar-refractivity contribution >= 4 is 22.6 Å². The molecule has 2 N–H and O–H groups in total. The number of hydrogen-bond acceptors (Lipinski definition) is 3. The van der Waals surface area contributed by atoms with Crippen LogP contribution in [-0.4, -0.2) is 32.8 Å². The molecule has 1 atom stereocenters. The maximum Gasteiger partial charge on any atom is 0.326 e. The number of hydrogen-bond donors (Lipinski definition) is 2. The highest BCUT2D eigenvalue weighted by Gasteiger charge is 2.24. The molecule has 6 heteroatoms. The molecule has 4 aromatic carbocycles. The third-order valence-corrected chi connectivity index (χ3v) is 6.12. The summed E-state index contributed by atoms with van der Waals surface area (Å²) in [6.45, 7) is 0.383. The van der Waals surface area contributed by atoms with E-state index in [-0.39, 0.29) is 6.42 Å². The number of aromatic nitrogens is 2. The van der Waals surface area contributed by atoms with E-state index in [1.165, 1.54) is 0 Å². The quantitative estimate of drug-likeness (QED) is 0.324. The van der Waals surface area contributed by atoms with Gasteiger partial charge in [0.2, 0.25) is 0 Å². The van der Waals surface area contributed by atoms with Gasteiger partial charge in [0.1, 0.15) is 11.7 Å². The van der Waals surface area contributed by atoms with Crippen LogP contribution >= 0.6 is 0 Å². The monoisotopic (exact) mass is 475 g/mol. The highest BCUT2D eigenvalue weighted by atomic mass is 16.4. The van der Waals surface area contributed by atoms with Crippen molar-refractivity contribution in [2.45, 2.75) is 19.0 Å². The Morgan fingerprint density at radius 2 is 1.42 bits per heavy atom. The fourth-order valence-corrected chi connectivity index (χ4v) is 4.25. The van der Waals surface area contributed by atoms with E-state index in [9.17, 15) is 14.7 Å². The van der Waals surface area contributed by atoms with Gasteiger partial charge in [-0.2, -0.15) is 5.10 Å². The second-order valence-electron chi connectivity index (χ2n) is 8.67. The van der Waals surface area contributed by atoms with Crippen molar-refractivity contribution < 1.29 is 14.7 Å². The largest absolute Gasteiger partial charge is 0.480 e. The SMILES string of the molecule is O=C(NC(Cc1ccccc1)C(=O)O)c1cc(-c2ccc3ccccc3c2)nn1Cc1ccccc1. The first kappa shape index (κ1) is 23.1. The summed E-state index contributed by atoms with van der Waals surface area (Å²) in [4.78, 5) is 25.3. The lowest BCUT2D eigenvalue weighted by Crippen LogP contribution is -2.43. The molecule has 0 saturated carbocycles. The van der Waals surface area contributed by atoms with Gasteiger partial charge in [0.15, 0.2) is 0 Å². The summed E-state index contributed by atoms with van der Waals surface area (Å²) in [5, 5.41) is 19.4. The summed E-state index contributed by atoms with van der Waals surface area (Å²) >= 11 is 0. The van der Waals surface area contributed by atoms with E-state index in [1.807, 2.05) is 103 Å². The fraction of sp³-hybridized carbons (Fsp3) is 0.100. The Morgan fingerprint density at radius 3 is 2.11 bits per heavy atom. The van der Waals surface area contributed by atoms with E-state index < -0.39 is 17.9 Å². The number of carbonyl (C=O) groups excluding carboxylic acids is 1. The number of rotatable bonds is 8. The molecule has 1 unspecified atom stereocenters. The van der Waals surface area contributed by atoms with E-state index >= 15 is 0 Å². The minimum absolute atomic E-state index is 0.187. The van der Waals surface area contributed by atoms with E-state index in [0.29, 0.717) is 17.9 Å². The van der Waals surface area contributed by atoms with Gasteiger partial charge in [0.05, 0.1) is 12.2 Å². The minimum Gasteiger partial charge on any atom is -0.480 e. The average Bonchev–Trinajstić information content (AvgIpc) is 3.33. The number of fused-ring (bicyclic) bond motifs is 1. The summed E-state index contributed by atoms with van der Waals surface area (Å²) in [5.74, 6) is -1.56. The molecule has 178 valence electrons. The maximum atomic E-state index is 13.4. The Hall–Kier alpha value is -4.71. The molecular weight excluding hydrogens is 450 g/mol. The zero-order valence-corrected chi connectivity index (χ0v) is 19.5. The second-order valence-corrected chi connectivity index (χ2v) is 8.67. The number of carboxylic acids is 1. The van der Waals surface area contributed by atoms with Crippen molar-refractivity contribution in [1.29, 1.82) is 0 Å². The Bertz CT molecular complexity index is 1510. The molecule has 0 radical (unpaired) electrons. The molecule has 1 amide bonds. The molecule has 0 aliphatic heterocycles. The number of nitrogens with zero attached hydrogens (tertiary/aromatic N) is 2. The van der Waals surface area contributed by atoms with Crippen LogP contribution in [0, 0.1) is 0 Å². The molecule has 0 saturated heterocycles. The van der Waals surface area contributed by atoms with Crippen LogP contribution in [0.5, 0.6) is 0 Å². The summed E-state index contributed by atoms with van der Waals surface area (Å²) < 4.78 is 1.64. The lowest BCUT2D eigenvalue weighted by Gasteiger charge is -2.15. The predicted molar refractivity (Wildman–Crippen MR) is 140 cm³/mol. The van der Waals surface area contributed by atoms with E-state index in [4.69, 9.17) is 5.10 Å². The zero-order valence-electron chi connectivity index (χ0n) is 19.5. The molecule has 0 aliphatic carbocycles. The molecule has 0 fully saturated rings. The maximum absolute atomic E-state index is 13.4. The lowest BCUT2D eigenvalue weighted by atomic mass is 10.0. The van der Waals surface area contributed by atoms with Crippen LogP contribution in [-0.2, 0) is 17.8 Å². The van der Waals surface area contributed by atoms with Gasteiger partial charge < -0.3 is 10.4 Å². The second kappa shape index (κ2) is 10.3. The molecule has 0 bridgehead atoms. The first-order chi connectivity index (χ1) is 17.6. The normalized spacial score (nSPS) is 11.8. The Labute approximate surface area is 208 Å². The molecular formula is C30H25N3O3. The van der Waals surface area contributed by atoms with Gasteiger partial charge in [-0.05, 0) is 34.0 Å². The molecule has 0 spiro atoms. The van der Waals surface area contributed by atoms with Crippen LogP contribution in [0.1, 0.15) is 21.6 Å². The number of carboxylic acid groups (broad SMARTS) is 1. The summed E-state index contributed by atoms with van der Waals surface area (Å²) in [5.41, 5.74) is 3.66. The zero-order chi connectivity index (χ0) is 24.9. The smallest absolute Gasteiger partial charge is 0.326 e. The molecule has 5 aromatic rings. The third kappa shape index (κ3) is 5.18. The molecule has 5 rings (SSSR count). The Kier molecular flexibility index (Phi) is 6.58. The van der Waals surface area contributed by atoms with Crippen molar-refractivity contribution in [1.82, 2.24) is 15.1 Å². The van der Waals surface area contributed by atoms with Gasteiger partial charge in [-0.15, -0.1) is 0 Å². The van der Waals surface area contributed by atoms with Gasteiger partial charge >= 0.3 is 5.97 Å². The average molecular weight is 476 g/mol. The van der Waals surface area contributed by atoms with Crippen molar-refractivity contribution in [3.05, 3.63) is 126 Å². The molecule has 6 nitrogen and oxygen atoms in total. The molecule has 36 heavy (non-hydrogen) atoms. The first-order valence-electron chi connectivity index (χ1n) is 11.8. The van der Waals surface area contributed by atoms with E-state index in [2.05, 4.69) is 5.32 Å². The van der Waals surface area contributed by atoms with Crippen LogP contribution in [0.4, 0.5) is 0 Å². The fourth-order valence-electron chi connectivity index (χ4n) is 4.25. The molecule has 0 aliphatic rings. The lowest BCUT2D eigenvalue weighted by molar-refractivity contribution is -0.139. The van der Waals surface area contributed by atoms with E-state index in [1.54, 1.807) is 10.7 Å². The van der Waals surface area contributed by atoms with Crippen molar-refractivity contribution in [3.63, 3.8) is 0 Å². The van der Waals surface area contributed by atoms with Gasteiger partial charge in [0.25, 0.3) is 5.91 Å². The van der Waals surface area contributed by atoms with Crippen LogP contribution in [0.25, 0.3) is 22.0 Å².